The molecule has 3 N–H and O–H groups in total. The summed E-state index contributed by atoms with van der Waals surface area (Å²) in [7, 11) is 0. The van der Waals surface area contributed by atoms with Crippen molar-refractivity contribution in [2.75, 3.05) is 6.61 Å². The summed E-state index contributed by atoms with van der Waals surface area (Å²) in [6, 6.07) is 8.93. The maximum absolute atomic E-state index is 5.86. The van der Waals surface area contributed by atoms with Gasteiger partial charge in [0.2, 0.25) is 0 Å². The van der Waals surface area contributed by atoms with Crippen LogP contribution < -0.4 is 16.0 Å². The van der Waals surface area contributed by atoms with Gasteiger partial charge in [0.1, 0.15) is 5.75 Å². The molecule has 1 aromatic rings. The molecular formula is C17H26N2O. The van der Waals surface area contributed by atoms with Crippen molar-refractivity contribution in [2.45, 2.75) is 56.9 Å². The predicted molar refractivity (Wildman–Crippen MR) is 81.6 cm³/mol. The molecule has 1 aliphatic carbocycles. The van der Waals surface area contributed by atoms with Crippen LogP contribution in [-0.2, 0) is 0 Å². The number of hydrazine groups is 1. The highest BCUT2D eigenvalue weighted by Gasteiger charge is 2.28. The normalized spacial score (nSPS) is 24.8. The predicted octanol–water partition coefficient (Wildman–Crippen LogP) is 3.36. The van der Waals surface area contributed by atoms with Crippen LogP contribution in [0.15, 0.2) is 24.3 Å². The molecule has 0 saturated heterocycles. The summed E-state index contributed by atoms with van der Waals surface area (Å²) in [6.07, 6.45) is 9.05. The number of hydrogen-bond acceptors (Lipinski definition) is 3. The molecule has 1 aliphatic heterocycles. The van der Waals surface area contributed by atoms with Gasteiger partial charge in [0.15, 0.2) is 0 Å². The van der Waals surface area contributed by atoms with Crippen molar-refractivity contribution in [3.05, 3.63) is 29.8 Å². The van der Waals surface area contributed by atoms with Gasteiger partial charge in [-0.15, -0.1) is 0 Å². The van der Waals surface area contributed by atoms with Crippen molar-refractivity contribution in [1.82, 2.24) is 5.43 Å². The molecule has 0 spiro atoms. The first-order valence-corrected chi connectivity index (χ1v) is 8.06. The fourth-order valence-corrected chi connectivity index (χ4v) is 3.90. The Hall–Kier alpha value is -1.06. The van der Waals surface area contributed by atoms with Gasteiger partial charge < -0.3 is 4.74 Å². The lowest BCUT2D eigenvalue weighted by molar-refractivity contribution is 0.218. The monoisotopic (exact) mass is 274 g/mol. The number of nitrogens with one attached hydrogen (secondary N) is 1. The van der Waals surface area contributed by atoms with Gasteiger partial charge in [-0.1, -0.05) is 37.5 Å². The fraction of sp³-hybridized carbons (Fsp3) is 0.647. The number of benzene rings is 1. The van der Waals surface area contributed by atoms with Gasteiger partial charge >= 0.3 is 0 Å². The summed E-state index contributed by atoms with van der Waals surface area (Å²) in [5.41, 5.74) is 4.48. The van der Waals surface area contributed by atoms with Gasteiger partial charge in [-0.05, 0) is 49.1 Å². The fourth-order valence-electron chi connectivity index (χ4n) is 3.90. The first kappa shape index (κ1) is 13.9. The topological polar surface area (TPSA) is 47.3 Å². The third kappa shape index (κ3) is 2.99. The molecule has 2 aliphatic rings. The van der Waals surface area contributed by atoms with Crippen molar-refractivity contribution in [3.63, 3.8) is 0 Å². The van der Waals surface area contributed by atoms with Gasteiger partial charge in [0.25, 0.3) is 0 Å². The summed E-state index contributed by atoms with van der Waals surface area (Å²) < 4.78 is 5.76. The van der Waals surface area contributed by atoms with Crippen molar-refractivity contribution in [1.29, 1.82) is 0 Å². The minimum atomic E-state index is 0.450. The lowest BCUT2D eigenvalue weighted by Crippen LogP contribution is -2.43. The lowest BCUT2D eigenvalue weighted by atomic mass is 9.78. The molecule has 2 atom stereocenters. The Morgan fingerprint density at radius 2 is 1.95 bits per heavy atom. The molecular weight excluding hydrogens is 248 g/mol. The largest absolute Gasteiger partial charge is 0.493 e. The highest BCUT2D eigenvalue weighted by molar-refractivity contribution is 5.37. The third-order valence-corrected chi connectivity index (χ3v) is 5.05. The maximum Gasteiger partial charge on any atom is 0.122 e. The van der Waals surface area contributed by atoms with Gasteiger partial charge in [0.05, 0.1) is 6.61 Å². The van der Waals surface area contributed by atoms with Gasteiger partial charge in [-0.2, -0.15) is 0 Å². The molecule has 0 aromatic heterocycles. The van der Waals surface area contributed by atoms with Gasteiger partial charge in [-0.25, -0.2) is 0 Å². The van der Waals surface area contributed by atoms with Crippen molar-refractivity contribution in [3.8, 4) is 5.75 Å². The Morgan fingerprint density at radius 3 is 2.75 bits per heavy atom. The van der Waals surface area contributed by atoms with E-state index in [0.717, 1.165) is 31.1 Å². The molecule has 2 unspecified atom stereocenters. The van der Waals surface area contributed by atoms with E-state index in [1.54, 1.807) is 0 Å². The van der Waals surface area contributed by atoms with E-state index < -0.39 is 0 Å². The Balaban J connectivity index is 1.70. The lowest BCUT2D eigenvalue weighted by Gasteiger charge is -2.34. The Morgan fingerprint density at radius 1 is 1.15 bits per heavy atom. The molecule has 110 valence electrons. The van der Waals surface area contributed by atoms with E-state index in [9.17, 15) is 0 Å². The van der Waals surface area contributed by atoms with Gasteiger partial charge in [0, 0.05) is 6.04 Å². The molecule has 1 fully saturated rings. The number of nitrogens with two attached hydrogens (primary N) is 1. The molecule has 0 bridgehead atoms. The Kier molecular flexibility index (Phi) is 4.58. The van der Waals surface area contributed by atoms with Crippen LogP contribution in [0.5, 0.6) is 5.75 Å². The minimum absolute atomic E-state index is 0.450. The van der Waals surface area contributed by atoms with Crippen molar-refractivity contribution < 1.29 is 4.74 Å². The van der Waals surface area contributed by atoms with Crippen molar-refractivity contribution in [2.24, 2.45) is 11.8 Å². The van der Waals surface area contributed by atoms with Crippen LogP contribution >= 0.6 is 0 Å². The molecule has 3 rings (SSSR count). The van der Waals surface area contributed by atoms with E-state index in [-0.39, 0.29) is 0 Å². The molecule has 1 aromatic carbocycles. The third-order valence-electron chi connectivity index (χ3n) is 5.05. The van der Waals surface area contributed by atoms with E-state index in [2.05, 4.69) is 29.7 Å². The van der Waals surface area contributed by atoms with E-state index in [4.69, 9.17) is 10.6 Å². The van der Waals surface area contributed by atoms with Crippen LogP contribution in [0.25, 0.3) is 0 Å². The smallest absolute Gasteiger partial charge is 0.122 e. The quantitative estimate of drug-likeness (QED) is 0.654. The average molecular weight is 274 g/mol. The summed E-state index contributed by atoms with van der Waals surface area (Å²) in [5, 5.41) is 0. The number of ether oxygens (including phenoxy) is 1. The molecule has 3 heteroatoms. The number of fused-ring (bicyclic) bond motifs is 1. The van der Waals surface area contributed by atoms with E-state index in [0.29, 0.717) is 12.0 Å². The molecule has 0 radical (unpaired) electrons. The van der Waals surface area contributed by atoms with E-state index >= 15 is 0 Å². The Bertz CT molecular complexity index is 429. The SMILES string of the molecule is NNC(CC1CCOc2ccccc21)C1CCCCC1. The highest BCUT2D eigenvalue weighted by Crippen LogP contribution is 2.38. The van der Waals surface area contributed by atoms with E-state index in [1.165, 1.54) is 37.7 Å². The minimum Gasteiger partial charge on any atom is -0.493 e. The number of hydrogen-bond donors (Lipinski definition) is 2. The van der Waals surface area contributed by atoms with Crippen LogP contribution in [0, 0.1) is 5.92 Å². The maximum atomic E-state index is 5.86. The van der Waals surface area contributed by atoms with Crippen LogP contribution in [0.3, 0.4) is 0 Å². The van der Waals surface area contributed by atoms with Crippen LogP contribution in [-0.4, -0.2) is 12.6 Å². The summed E-state index contributed by atoms with van der Waals surface area (Å²) in [4.78, 5) is 0. The summed E-state index contributed by atoms with van der Waals surface area (Å²) in [5.74, 6) is 8.27. The second kappa shape index (κ2) is 6.59. The standard InChI is InChI=1S/C17H26N2O/c18-19-16(13-6-2-1-3-7-13)12-14-10-11-20-17-9-5-4-8-15(14)17/h4-5,8-9,13-14,16,19H,1-3,6-7,10-12,18H2. The highest BCUT2D eigenvalue weighted by atomic mass is 16.5. The second-order valence-corrected chi connectivity index (χ2v) is 6.28. The summed E-state index contributed by atoms with van der Waals surface area (Å²) >= 11 is 0. The number of rotatable bonds is 4. The van der Waals surface area contributed by atoms with Gasteiger partial charge in [-0.3, -0.25) is 11.3 Å². The zero-order valence-corrected chi connectivity index (χ0v) is 12.2. The van der Waals surface area contributed by atoms with Crippen molar-refractivity contribution >= 4 is 0 Å². The summed E-state index contributed by atoms with van der Waals surface area (Å²) in [6.45, 7) is 0.837. The van der Waals surface area contributed by atoms with Crippen LogP contribution in [0.2, 0.25) is 0 Å². The second-order valence-electron chi connectivity index (χ2n) is 6.28. The average Bonchev–Trinajstić information content (AvgIpc) is 2.53. The molecule has 20 heavy (non-hydrogen) atoms. The molecule has 1 heterocycles. The molecule has 0 amide bonds. The first-order chi connectivity index (χ1) is 9.88. The zero-order chi connectivity index (χ0) is 13.8. The molecule has 3 nitrogen and oxygen atoms in total. The van der Waals surface area contributed by atoms with Crippen LogP contribution in [0.4, 0.5) is 0 Å². The zero-order valence-electron chi connectivity index (χ0n) is 12.2. The molecule has 1 saturated carbocycles. The Labute approximate surface area is 121 Å². The van der Waals surface area contributed by atoms with Crippen LogP contribution in [0.1, 0.15) is 56.4 Å². The first-order valence-electron chi connectivity index (χ1n) is 8.06. The van der Waals surface area contributed by atoms with E-state index in [1.807, 2.05) is 0 Å². The number of para-hydroxylation sites is 1.